The first-order valence-corrected chi connectivity index (χ1v) is 6.64. The summed E-state index contributed by atoms with van der Waals surface area (Å²) >= 11 is 0. The van der Waals surface area contributed by atoms with Crippen LogP contribution in [0.2, 0.25) is 0 Å². The summed E-state index contributed by atoms with van der Waals surface area (Å²) in [5.41, 5.74) is 10.3. The number of rotatable bonds is 5. The van der Waals surface area contributed by atoms with Gasteiger partial charge in [0.1, 0.15) is 0 Å². The number of primary amides is 1. The maximum atomic E-state index is 11.1. The lowest BCUT2D eigenvalue weighted by molar-refractivity contribution is -0.122. The van der Waals surface area contributed by atoms with Gasteiger partial charge in [-0.2, -0.15) is 0 Å². The fourth-order valence-corrected chi connectivity index (χ4v) is 2.36. The van der Waals surface area contributed by atoms with Crippen LogP contribution in [-0.4, -0.2) is 36.0 Å². The topological polar surface area (TPSA) is 72.3 Å². The summed E-state index contributed by atoms with van der Waals surface area (Å²) in [5, 5.41) is 0. The number of carbonyl (C=O) groups excluding carboxylic acids is 1. The summed E-state index contributed by atoms with van der Waals surface area (Å²) in [6.45, 7) is 9.43. The molecule has 1 unspecified atom stereocenters. The molecule has 1 heterocycles. The van der Waals surface area contributed by atoms with Crippen molar-refractivity contribution < 1.29 is 4.79 Å². The van der Waals surface area contributed by atoms with Crippen LogP contribution in [0, 0.1) is 11.8 Å². The van der Waals surface area contributed by atoms with Gasteiger partial charge in [-0.15, -0.1) is 0 Å². The molecule has 1 amide bonds. The molecule has 100 valence electrons. The predicted octanol–water partition coefficient (Wildman–Crippen LogP) is 0.947. The minimum atomic E-state index is -0.866. The first-order valence-electron chi connectivity index (χ1n) is 6.64. The summed E-state index contributed by atoms with van der Waals surface area (Å²) in [6.07, 6.45) is 3.17. The number of likely N-dealkylation sites (tertiary alicyclic amines) is 1. The van der Waals surface area contributed by atoms with Crippen LogP contribution in [0.1, 0.15) is 40.0 Å². The Morgan fingerprint density at radius 2 is 1.94 bits per heavy atom. The van der Waals surface area contributed by atoms with Gasteiger partial charge in [0, 0.05) is 6.54 Å². The van der Waals surface area contributed by atoms with Gasteiger partial charge in [-0.1, -0.05) is 13.8 Å². The molecule has 4 N–H and O–H groups in total. The molecule has 0 aliphatic carbocycles. The van der Waals surface area contributed by atoms with E-state index in [0.29, 0.717) is 6.42 Å². The summed E-state index contributed by atoms with van der Waals surface area (Å²) in [4.78, 5) is 13.5. The lowest BCUT2D eigenvalue weighted by atomic mass is 9.86. The molecule has 0 aromatic rings. The van der Waals surface area contributed by atoms with Gasteiger partial charge in [-0.25, -0.2) is 0 Å². The molecule has 1 aliphatic heterocycles. The van der Waals surface area contributed by atoms with Gasteiger partial charge in [0.15, 0.2) is 0 Å². The Morgan fingerprint density at radius 3 is 2.35 bits per heavy atom. The van der Waals surface area contributed by atoms with Crippen LogP contribution in [0.4, 0.5) is 0 Å². The number of piperidine rings is 1. The van der Waals surface area contributed by atoms with E-state index in [2.05, 4.69) is 18.7 Å². The summed E-state index contributed by atoms with van der Waals surface area (Å²) in [7, 11) is 0. The number of nitrogens with zero attached hydrogens (tertiary/aromatic N) is 1. The van der Waals surface area contributed by atoms with Crippen molar-refractivity contribution in [2.45, 2.75) is 45.6 Å². The lowest BCUT2D eigenvalue weighted by Crippen LogP contribution is -2.51. The predicted molar refractivity (Wildman–Crippen MR) is 70.4 cm³/mol. The third kappa shape index (κ3) is 4.28. The highest BCUT2D eigenvalue weighted by Crippen LogP contribution is 2.24. The molecule has 1 fully saturated rings. The van der Waals surface area contributed by atoms with Crippen molar-refractivity contribution in [1.82, 2.24) is 4.90 Å². The largest absolute Gasteiger partial charge is 0.368 e. The SMILES string of the molecule is CC(C)C1CCN(CCC(C)(N)C(N)=O)CC1. The van der Waals surface area contributed by atoms with E-state index >= 15 is 0 Å². The lowest BCUT2D eigenvalue weighted by Gasteiger charge is -2.35. The van der Waals surface area contributed by atoms with E-state index in [-0.39, 0.29) is 0 Å². The standard InChI is InChI=1S/C13H27N3O/c1-10(2)11-4-7-16(8-5-11)9-6-13(3,15)12(14)17/h10-11H,4-9,15H2,1-3H3,(H2,14,17). The van der Waals surface area contributed by atoms with Crippen LogP contribution in [0.5, 0.6) is 0 Å². The molecule has 17 heavy (non-hydrogen) atoms. The molecule has 1 aliphatic rings. The fourth-order valence-electron chi connectivity index (χ4n) is 2.36. The van der Waals surface area contributed by atoms with Gasteiger partial charge in [0.2, 0.25) is 5.91 Å². The second-order valence-electron chi connectivity index (χ2n) is 5.95. The summed E-state index contributed by atoms with van der Waals surface area (Å²) in [6, 6.07) is 0. The zero-order valence-corrected chi connectivity index (χ0v) is 11.4. The molecular weight excluding hydrogens is 214 g/mol. The number of amides is 1. The maximum Gasteiger partial charge on any atom is 0.237 e. The van der Waals surface area contributed by atoms with E-state index in [9.17, 15) is 4.79 Å². The Bertz CT molecular complexity index is 255. The molecule has 0 radical (unpaired) electrons. The zero-order valence-electron chi connectivity index (χ0n) is 11.4. The Balaban J connectivity index is 2.29. The highest BCUT2D eigenvalue weighted by atomic mass is 16.1. The van der Waals surface area contributed by atoms with E-state index in [4.69, 9.17) is 11.5 Å². The number of carbonyl (C=O) groups is 1. The number of nitrogens with two attached hydrogens (primary N) is 2. The van der Waals surface area contributed by atoms with Crippen molar-refractivity contribution in [3.63, 3.8) is 0 Å². The third-order valence-corrected chi connectivity index (χ3v) is 4.09. The Labute approximate surface area is 105 Å². The van der Waals surface area contributed by atoms with Crippen molar-refractivity contribution >= 4 is 5.91 Å². The Kier molecular flexibility index (Phi) is 4.95. The van der Waals surface area contributed by atoms with Crippen molar-refractivity contribution in [3.8, 4) is 0 Å². The molecule has 1 atom stereocenters. The molecule has 0 aromatic heterocycles. The Hall–Kier alpha value is -0.610. The molecular formula is C13H27N3O. The van der Waals surface area contributed by atoms with Gasteiger partial charge >= 0.3 is 0 Å². The number of hydrogen-bond donors (Lipinski definition) is 2. The molecule has 0 saturated carbocycles. The highest BCUT2D eigenvalue weighted by molar-refractivity contribution is 5.83. The van der Waals surface area contributed by atoms with E-state index in [1.54, 1.807) is 6.92 Å². The average Bonchev–Trinajstić information content (AvgIpc) is 2.27. The smallest absolute Gasteiger partial charge is 0.237 e. The molecule has 0 bridgehead atoms. The van der Waals surface area contributed by atoms with Crippen LogP contribution in [0.3, 0.4) is 0 Å². The second kappa shape index (κ2) is 5.83. The van der Waals surface area contributed by atoms with Gasteiger partial charge in [0.25, 0.3) is 0 Å². The zero-order chi connectivity index (χ0) is 13.1. The minimum Gasteiger partial charge on any atom is -0.368 e. The van der Waals surface area contributed by atoms with E-state index in [1.807, 2.05) is 0 Å². The molecule has 1 rings (SSSR count). The van der Waals surface area contributed by atoms with E-state index < -0.39 is 11.4 Å². The normalized spacial score (nSPS) is 22.6. The van der Waals surface area contributed by atoms with Gasteiger partial charge in [-0.3, -0.25) is 4.79 Å². The highest BCUT2D eigenvalue weighted by Gasteiger charge is 2.27. The van der Waals surface area contributed by atoms with Gasteiger partial charge in [-0.05, 0) is 51.1 Å². The van der Waals surface area contributed by atoms with Gasteiger partial charge in [0.05, 0.1) is 5.54 Å². The van der Waals surface area contributed by atoms with Crippen molar-refractivity contribution in [2.75, 3.05) is 19.6 Å². The Morgan fingerprint density at radius 1 is 1.41 bits per heavy atom. The summed E-state index contributed by atoms with van der Waals surface area (Å²) < 4.78 is 0. The van der Waals surface area contributed by atoms with Crippen molar-refractivity contribution in [1.29, 1.82) is 0 Å². The molecule has 0 spiro atoms. The summed E-state index contributed by atoms with van der Waals surface area (Å²) in [5.74, 6) is 1.23. The number of hydrogen-bond acceptors (Lipinski definition) is 3. The van der Waals surface area contributed by atoms with Crippen LogP contribution < -0.4 is 11.5 Å². The van der Waals surface area contributed by atoms with Gasteiger partial charge < -0.3 is 16.4 Å². The van der Waals surface area contributed by atoms with Crippen LogP contribution in [-0.2, 0) is 4.79 Å². The van der Waals surface area contributed by atoms with Crippen molar-refractivity contribution in [2.24, 2.45) is 23.3 Å². The first-order chi connectivity index (χ1) is 7.83. The maximum absolute atomic E-state index is 11.1. The van der Waals surface area contributed by atoms with E-state index in [0.717, 1.165) is 31.5 Å². The van der Waals surface area contributed by atoms with Crippen LogP contribution >= 0.6 is 0 Å². The molecule has 4 heteroatoms. The van der Waals surface area contributed by atoms with Crippen LogP contribution in [0.15, 0.2) is 0 Å². The second-order valence-corrected chi connectivity index (χ2v) is 5.95. The van der Waals surface area contributed by atoms with Crippen LogP contribution in [0.25, 0.3) is 0 Å². The fraction of sp³-hybridized carbons (Fsp3) is 0.923. The molecule has 0 aromatic carbocycles. The van der Waals surface area contributed by atoms with Crippen molar-refractivity contribution in [3.05, 3.63) is 0 Å². The average molecular weight is 241 g/mol. The quantitative estimate of drug-likeness (QED) is 0.752. The minimum absolute atomic E-state index is 0.408. The first kappa shape index (κ1) is 14.5. The monoisotopic (exact) mass is 241 g/mol. The molecule has 1 saturated heterocycles. The third-order valence-electron chi connectivity index (χ3n) is 4.09. The van der Waals surface area contributed by atoms with E-state index in [1.165, 1.54) is 12.8 Å². The molecule has 4 nitrogen and oxygen atoms in total.